The molecule has 2 aromatic rings. The number of anilines is 2. The molecule has 0 aliphatic heterocycles. The predicted octanol–water partition coefficient (Wildman–Crippen LogP) is 3.45. The third kappa shape index (κ3) is 4.10. The van der Waals surface area contributed by atoms with E-state index in [9.17, 15) is 4.79 Å². The summed E-state index contributed by atoms with van der Waals surface area (Å²) < 4.78 is 0. The van der Waals surface area contributed by atoms with Crippen molar-refractivity contribution in [3.05, 3.63) is 64.7 Å². The summed E-state index contributed by atoms with van der Waals surface area (Å²) >= 11 is 5.83. The molecule has 0 heterocycles. The van der Waals surface area contributed by atoms with Crippen molar-refractivity contribution in [3.8, 4) is 6.07 Å². The molecule has 0 unspecified atom stereocenters. The van der Waals surface area contributed by atoms with Crippen LogP contribution in [0.5, 0.6) is 0 Å². The molecule has 0 aliphatic carbocycles. The Kier molecular flexibility index (Phi) is 4.60. The summed E-state index contributed by atoms with van der Waals surface area (Å²) in [6.07, 6.45) is 3.09. The lowest BCUT2D eigenvalue weighted by molar-refractivity contribution is -0.111. The Morgan fingerprint density at radius 1 is 1.24 bits per heavy atom. The minimum Gasteiger partial charge on any atom is -0.399 e. The van der Waals surface area contributed by atoms with Crippen LogP contribution in [-0.4, -0.2) is 5.91 Å². The lowest BCUT2D eigenvalue weighted by Crippen LogP contribution is -2.07. The molecule has 2 aromatic carbocycles. The van der Waals surface area contributed by atoms with Crippen molar-refractivity contribution in [1.29, 1.82) is 5.26 Å². The van der Waals surface area contributed by atoms with E-state index in [2.05, 4.69) is 5.32 Å². The first-order chi connectivity index (χ1) is 10.1. The maximum Gasteiger partial charge on any atom is 0.248 e. The lowest BCUT2D eigenvalue weighted by atomic mass is 10.2. The molecule has 104 valence electrons. The SMILES string of the molecule is N#Cc1cc(NC(=O)/C=C/c2ccc(N)cc2)ccc1Cl. The fourth-order valence-electron chi connectivity index (χ4n) is 1.65. The molecule has 4 nitrogen and oxygen atoms in total. The Morgan fingerprint density at radius 3 is 2.62 bits per heavy atom. The number of rotatable bonds is 3. The minimum absolute atomic E-state index is 0.293. The highest BCUT2D eigenvalue weighted by atomic mass is 35.5. The topological polar surface area (TPSA) is 78.9 Å². The van der Waals surface area contributed by atoms with Crippen LogP contribution < -0.4 is 11.1 Å². The molecule has 3 N–H and O–H groups in total. The van der Waals surface area contributed by atoms with E-state index >= 15 is 0 Å². The van der Waals surface area contributed by atoms with E-state index in [1.54, 1.807) is 30.3 Å². The molecular formula is C16H12ClN3O. The molecule has 0 saturated carbocycles. The second kappa shape index (κ2) is 6.60. The van der Waals surface area contributed by atoms with Gasteiger partial charge in [-0.3, -0.25) is 4.79 Å². The van der Waals surface area contributed by atoms with E-state index < -0.39 is 0 Å². The fourth-order valence-corrected chi connectivity index (χ4v) is 1.81. The van der Waals surface area contributed by atoms with Gasteiger partial charge in [0.25, 0.3) is 0 Å². The first kappa shape index (κ1) is 14.6. The Hall–Kier alpha value is -2.77. The van der Waals surface area contributed by atoms with Gasteiger partial charge in [0, 0.05) is 17.5 Å². The van der Waals surface area contributed by atoms with Gasteiger partial charge < -0.3 is 11.1 Å². The van der Waals surface area contributed by atoms with Crippen LogP contribution in [0.3, 0.4) is 0 Å². The quantitative estimate of drug-likeness (QED) is 0.673. The van der Waals surface area contributed by atoms with Crippen molar-refractivity contribution < 1.29 is 4.79 Å². The largest absolute Gasteiger partial charge is 0.399 e. The van der Waals surface area contributed by atoms with Gasteiger partial charge in [0.05, 0.1) is 10.6 Å². The van der Waals surface area contributed by atoms with Gasteiger partial charge in [-0.1, -0.05) is 23.7 Å². The second-order valence-electron chi connectivity index (χ2n) is 4.30. The number of nitrogens with two attached hydrogens (primary N) is 1. The van der Waals surface area contributed by atoms with E-state index in [0.29, 0.717) is 22.0 Å². The summed E-state index contributed by atoms with van der Waals surface area (Å²) in [6.45, 7) is 0. The third-order valence-corrected chi connectivity index (χ3v) is 3.05. The molecule has 0 aromatic heterocycles. The summed E-state index contributed by atoms with van der Waals surface area (Å²) in [4.78, 5) is 11.8. The molecule has 0 bridgehead atoms. The first-order valence-corrected chi connectivity index (χ1v) is 6.50. The van der Waals surface area contributed by atoms with E-state index in [1.165, 1.54) is 12.1 Å². The molecule has 0 aliphatic rings. The average Bonchev–Trinajstić information content (AvgIpc) is 2.48. The summed E-state index contributed by atoms with van der Waals surface area (Å²) in [5, 5.41) is 11.9. The van der Waals surface area contributed by atoms with E-state index in [-0.39, 0.29) is 5.91 Å². The zero-order chi connectivity index (χ0) is 15.2. The standard InChI is InChI=1S/C16H12ClN3O/c17-15-7-6-14(9-12(15)10-18)20-16(21)8-3-11-1-4-13(19)5-2-11/h1-9H,19H2,(H,20,21)/b8-3+. The molecule has 0 atom stereocenters. The van der Waals surface area contributed by atoms with Crippen molar-refractivity contribution in [2.45, 2.75) is 0 Å². The van der Waals surface area contributed by atoms with Gasteiger partial charge in [-0.15, -0.1) is 0 Å². The summed E-state index contributed by atoms with van der Waals surface area (Å²) in [5.74, 6) is -0.293. The predicted molar refractivity (Wildman–Crippen MR) is 84.7 cm³/mol. The second-order valence-corrected chi connectivity index (χ2v) is 4.70. The van der Waals surface area contributed by atoms with Crippen LogP contribution in [0.1, 0.15) is 11.1 Å². The van der Waals surface area contributed by atoms with Gasteiger partial charge in [-0.25, -0.2) is 0 Å². The highest BCUT2D eigenvalue weighted by Gasteiger charge is 2.03. The Morgan fingerprint density at radius 2 is 1.95 bits per heavy atom. The Balaban J connectivity index is 2.05. The van der Waals surface area contributed by atoms with Crippen molar-refractivity contribution in [2.24, 2.45) is 0 Å². The number of nitrogens with zero attached hydrogens (tertiary/aromatic N) is 1. The maximum atomic E-state index is 11.8. The number of amides is 1. The molecular weight excluding hydrogens is 286 g/mol. The first-order valence-electron chi connectivity index (χ1n) is 6.13. The Labute approximate surface area is 127 Å². The van der Waals surface area contributed by atoms with Crippen molar-refractivity contribution in [3.63, 3.8) is 0 Å². The summed E-state index contributed by atoms with van der Waals surface area (Å²) in [5.41, 5.74) is 7.95. The number of hydrogen-bond donors (Lipinski definition) is 2. The number of halogens is 1. The number of nitrogens with one attached hydrogen (secondary N) is 1. The highest BCUT2D eigenvalue weighted by molar-refractivity contribution is 6.31. The Bertz CT molecular complexity index is 730. The number of benzene rings is 2. The van der Waals surface area contributed by atoms with Gasteiger partial charge >= 0.3 is 0 Å². The van der Waals surface area contributed by atoms with Crippen LogP contribution in [0.2, 0.25) is 5.02 Å². The fraction of sp³-hybridized carbons (Fsp3) is 0. The van der Waals surface area contributed by atoms with Gasteiger partial charge in [-0.2, -0.15) is 5.26 Å². The normalized spacial score (nSPS) is 10.3. The smallest absolute Gasteiger partial charge is 0.248 e. The molecule has 21 heavy (non-hydrogen) atoms. The number of nitrogen functional groups attached to an aromatic ring is 1. The number of nitriles is 1. The van der Waals surface area contributed by atoms with Gasteiger partial charge in [0.15, 0.2) is 0 Å². The van der Waals surface area contributed by atoms with E-state index in [4.69, 9.17) is 22.6 Å². The third-order valence-electron chi connectivity index (χ3n) is 2.72. The van der Waals surface area contributed by atoms with Crippen LogP contribution in [0.4, 0.5) is 11.4 Å². The molecule has 5 heteroatoms. The lowest BCUT2D eigenvalue weighted by Gasteiger charge is -2.03. The highest BCUT2D eigenvalue weighted by Crippen LogP contribution is 2.19. The van der Waals surface area contributed by atoms with Crippen molar-refractivity contribution in [2.75, 3.05) is 11.1 Å². The molecule has 0 spiro atoms. The molecule has 0 saturated heterocycles. The van der Waals surface area contributed by atoms with Crippen molar-refractivity contribution in [1.82, 2.24) is 0 Å². The van der Waals surface area contributed by atoms with Crippen LogP contribution in [0, 0.1) is 11.3 Å². The molecule has 2 rings (SSSR count). The zero-order valence-corrected chi connectivity index (χ0v) is 11.8. The van der Waals surface area contributed by atoms with Gasteiger partial charge in [0.1, 0.15) is 6.07 Å². The van der Waals surface area contributed by atoms with Crippen LogP contribution in [0.15, 0.2) is 48.5 Å². The summed E-state index contributed by atoms with van der Waals surface area (Å²) in [6, 6.07) is 13.8. The minimum atomic E-state index is -0.293. The van der Waals surface area contributed by atoms with Crippen LogP contribution in [0.25, 0.3) is 6.08 Å². The monoisotopic (exact) mass is 297 g/mol. The van der Waals surface area contributed by atoms with Crippen LogP contribution >= 0.6 is 11.6 Å². The number of carbonyl (C=O) groups is 1. The van der Waals surface area contributed by atoms with Gasteiger partial charge in [-0.05, 0) is 42.0 Å². The number of carbonyl (C=O) groups excluding carboxylic acids is 1. The van der Waals surface area contributed by atoms with Crippen LogP contribution in [-0.2, 0) is 4.79 Å². The van der Waals surface area contributed by atoms with E-state index in [0.717, 1.165) is 5.56 Å². The molecule has 0 fully saturated rings. The van der Waals surface area contributed by atoms with Gasteiger partial charge in [0.2, 0.25) is 5.91 Å². The zero-order valence-electron chi connectivity index (χ0n) is 11.0. The summed E-state index contributed by atoms with van der Waals surface area (Å²) in [7, 11) is 0. The maximum absolute atomic E-state index is 11.8. The van der Waals surface area contributed by atoms with E-state index in [1.807, 2.05) is 18.2 Å². The van der Waals surface area contributed by atoms with Crippen molar-refractivity contribution >= 4 is 35.0 Å². The molecule has 1 amide bonds. The average molecular weight is 298 g/mol. The molecule has 0 radical (unpaired) electrons. The number of hydrogen-bond acceptors (Lipinski definition) is 3.